The molecule has 0 aliphatic carbocycles. The van der Waals surface area contributed by atoms with E-state index in [1.165, 1.54) is 4.90 Å². The molecule has 9 nitrogen and oxygen atoms in total. The van der Waals surface area contributed by atoms with Crippen LogP contribution in [0.1, 0.15) is 18.4 Å². The Balaban J connectivity index is 1.40. The van der Waals surface area contributed by atoms with Gasteiger partial charge in [-0.1, -0.05) is 36.4 Å². The second-order valence-electron chi connectivity index (χ2n) is 8.97. The number of carboxylic acids is 1. The van der Waals surface area contributed by atoms with E-state index in [4.69, 9.17) is 15.9 Å². The van der Waals surface area contributed by atoms with Gasteiger partial charge in [0.05, 0.1) is 18.4 Å². The van der Waals surface area contributed by atoms with Gasteiger partial charge >= 0.3 is 5.97 Å². The monoisotopic (exact) mass is 510 g/mol. The van der Waals surface area contributed by atoms with Crippen molar-refractivity contribution in [3.63, 3.8) is 0 Å². The molecule has 2 aromatic rings. The number of thioether (sulfide) groups is 1. The van der Waals surface area contributed by atoms with E-state index in [2.05, 4.69) is 0 Å². The fraction of sp³-hybridized carbons (Fsp3) is 0.385. The molecule has 0 aromatic heterocycles. The van der Waals surface area contributed by atoms with Gasteiger partial charge in [0, 0.05) is 30.2 Å². The summed E-state index contributed by atoms with van der Waals surface area (Å²) in [6, 6.07) is 14.5. The van der Waals surface area contributed by atoms with Crippen LogP contribution in [0.2, 0.25) is 0 Å². The van der Waals surface area contributed by atoms with E-state index in [0.717, 1.165) is 22.6 Å². The van der Waals surface area contributed by atoms with E-state index in [-0.39, 0.29) is 43.3 Å². The topological polar surface area (TPSA) is 137 Å². The zero-order valence-corrected chi connectivity index (χ0v) is 20.7. The number of benzene rings is 2. The standard InChI is InChI=1S/C26H30N4O5S/c27-25(28)19-3-1-17(2-4-19)18-5-7-22(8-6-18)35-16-21-13-20(14-24(32)33)26(34)30(21)15-23(31)29-9-11-36-12-10-29/h1-8,20-21H,9-16H2,(H3,27,28)(H,32,33)/t20-,21-/m0/s1. The zero-order valence-electron chi connectivity index (χ0n) is 19.9. The van der Waals surface area contributed by atoms with Gasteiger partial charge in [-0.05, 0) is 29.7 Å². The molecule has 0 bridgehead atoms. The molecule has 36 heavy (non-hydrogen) atoms. The summed E-state index contributed by atoms with van der Waals surface area (Å²) in [4.78, 5) is 40.3. The van der Waals surface area contributed by atoms with E-state index >= 15 is 0 Å². The summed E-state index contributed by atoms with van der Waals surface area (Å²) in [5.41, 5.74) is 8.13. The van der Waals surface area contributed by atoms with Gasteiger partial charge in [0.1, 0.15) is 24.7 Å². The number of carbonyl (C=O) groups is 3. The molecule has 2 fully saturated rings. The number of carboxylic acid groups (broad SMARTS) is 1. The number of nitrogen functional groups attached to an aromatic ring is 1. The molecular formula is C26H30N4O5S. The minimum absolute atomic E-state index is 0.0203. The number of rotatable bonds is 9. The van der Waals surface area contributed by atoms with Crippen LogP contribution in [0.5, 0.6) is 5.75 Å². The normalized spacial score (nSPS) is 19.8. The molecule has 2 aliphatic heterocycles. The first-order chi connectivity index (χ1) is 17.3. The Labute approximate surface area is 214 Å². The lowest BCUT2D eigenvalue weighted by molar-refractivity contribution is -0.144. The second-order valence-corrected chi connectivity index (χ2v) is 10.2. The van der Waals surface area contributed by atoms with Crippen LogP contribution in [0, 0.1) is 11.3 Å². The van der Waals surface area contributed by atoms with Crippen molar-refractivity contribution in [1.29, 1.82) is 5.41 Å². The summed E-state index contributed by atoms with van der Waals surface area (Å²) in [7, 11) is 0. The van der Waals surface area contributed by atoms with Gasteiger partial charge in [-0.15, -0.1) is 0 Å². The van der Waals surface area contributed by atoms with Crippen molar-refractivity contribution in [2.45, 2.75) is 18.9 Å². The predicted octanol–water partition coefficient (Wildman–Crippen LogP) is 2.28. The third-order valence-corrected chi connectivity index (χ3v) is 7.49. The molecule has 0 spiro atoms. The molecule has 2 atom stereocenters. The Morgan fingerprint density at radius 3 is 2.25 bits per heavy atom. The largest absolute Gasteiger partial charge is 0.491 e. The first kappa shape index (κ1) is 25.6. The fourth-order valence-electron chi connectivity index (χ4n) is 4.55. The van der Waals surface area contributed by atoms with Crippen molar-refractivity contribution < 1.29 is 24.2 Å². The first-order valence-electron chi connectivity index (χ1n) is 11.9. The van der Waals surface area contributed by atoms with E-state index in [0.29, 0.717) is 30.8 Å². The molecule has 0 radical (unpaired) electrons. The fourth-order valence-corrected chi connectivity index (χ4v) is 5.46. The van der Waals surface area contributed by atoms with Gasteiger partial charge in [0.2, 0.25) is 11.8 Å². The summed E-state index contributed by atoms with van der Waals surface area (Å²) in [5, 5.41) is 16.7. The van der Waals surface area contributed by atoms with Crippen LogP contribution in [0.4, 0.5) is 0 Å². The maximum absolute atomic E-state index is 13.0. The van der Waals surface area contributed by atoms with Crippen molar-refractivity contribution in [2.75, 3.05) is 37.7 Å². The second kappa shape index (κ2) is 11.5. The lowest BCUT2D eigenvalue weighted by Gasteiger charge is -2.30. The SMILES string of the molecule is N=C(N)c1ccc(-c2ccc(OC[C@@H]3C[C@@H](CC(=O)O)C(=O)N3CC(=O)N3CCSCC3)cc2)cc1. The molecule has 0 saturated carbocycles. The minimum Gasteiger partial charge on any atom is -0.491 e. The highest BCUT2D eigenvalue weighted by Crippen LogP contribution is 2.29. The molecule has 2 saturated heterocycles. The molecule has 4 rings (SSSR count). The van der Waals surface area contributed by atoms with Crippen molar-refractivity contribution in [3.8, 4) is 16.9 Å². The minimum atomic E-state index is -1.03. The maximum Gasteiger partial charge on any atom is 0.304 e. The van der Waals surface area contributed by atoms with Crippen LogP contribution < -0.4 is 10.5 Å². The number of hydrogen-bond donors (Lipinski definition) is 3. The van der Waals surface area contributed by atoms with E-state index in [1.54, 1.807) is 28.8 Å². The number of nitrogens with two attached hydrogens (primary N) is 1. The summed E-state index contributed by atoms with van der Waals surface area (Å²) >= 11 is 1.80. The average Bonchev–Trinajstić information content (AvgIpc) is 3.17. The van der Waals surface area contributed by atoms with Gasteiger partial charge in [-0.3, -0.25) is 19.8 Å². The Bertz CT molecular complexity index is 1120. The van der Waals surface area contributed by atoms with Crippen LogP contribution >= 0.6 is 11.8 Å². The summed E-state index contributed by atoms with van der Waals surface area (Å²) < 4.78 is 5.98. The zero-order chi connectivity index (χ0) is 25.7. The summed E-state index contributed by atoms with van der Waals surface area (Å²) in [6.45, 7) is 1.45. The lowest BCUT2D eigenvalue weighted by atomic mass is 10.0. The average molecular weight is 511 g/mol. The molecule has 2 aromatic carbocycles. The number of carbonyl (C=O) groups excluding carboxylic acids is 2. The Morgan fingerprint density at radius 1 is 1.06 bits per heavy atom. The quantitative estimate of drug-likeness (QED) is 0.348. The van der Waals surface area contributed by atoms with Crippen molar-refractivity contribution >= 4 is 35.4 Å². The number of hydrogen-bond acceptors (Lipinski definition) is 6. The third kappa shape index (κ3) is 6.17. The predicted molar refractivity (Wildman–Crippen MR) is 138 cm³/mol. The highest BCUT2D eigenvalue weighted by Gasteiger charge is 2.42. The Hall–Kier alpha value is -3.53. The van der Waals surface area contributed by atoms with Crippen LogP contribution in [-0.4, -0.2) is 82.3 Å². The van der Waals surface area contributed by atoms with Crippen LogP contribution in [0.25, 0.3) is 11.1 Å². The van der Waals surface area contributed by atoms with Crippen molar-refractivity contribution in [1.82, 2.24) is 9.80 Å². The number of aliphatic carboxylic acids is 1. The number of amides is 2. The van der Waals surface area contributed by atoms with Gasteiger partial charge in [0.15, 0.2) is 0 Å². The highest BCUT2D eigenvalue weighted by atomic mass is 32.2. The number of likely N-dealkylation sites (tertiary alicyclic amines) is 1. The van der Waals surface area contributed by atoms with Crippen LogP contribution in [0.3, 0.4) is 0 Å². The van der Waals surface area contributed by atoms with Gasteiger partial charge in [0.25, 0.3) is 0 Å². The number of nitrogens with one attached hydrogen (secondary N) is 1. The number of ether oxygens (including phenoxy) is 1. The third-order valence-electron chi connectivity index (χ3n) is 6.55. The van der Waals surface area contributed by atoms with Gasteiger partial charge < -0.3 is 25.4 Å². The summed E-state index contributed by atoms with van der Waals surface area (Å²) in [5.74, 6) is 0.317. The maximum atomic E-state index is 13.0. The number of nitrogens with zero attached hydrogens (tertiary/aromatic N) is 2. The van der Waals surface area contributed by atoms with E-state index < -0.39 is 11.9 Å². The van der Waals surface area contributed by atoms with Crippen molar-refractivity contribution in [3.05, 3.63) is 54.1 Å². The van der Waals surface area contributed by atoms with Crippen molar-refractivity contribution in [2.24, 2.45) is 11.7 Å². The molecule has 190 valence electrons. The number of amidine groups is 1. The summed E-state index contributed by atoms with van der Waals surface area (Å²) in [6.07, 6.45) is 0.0896. The molecule has 10 heteroatoms. The van der Waals surface area contributed by atoms with Crippen LogP contribution in [-0.2, 0) is 14.4 Å². The lowest BCUT2D eigenvalue weighted by Crippen LogP contribution is -2.47. The molecule has 4 N–H and O–H groups in total. The van der Waals surface area contributed by atoms with Crippen LogP contribution in [0.15, 0.2) is 48.5 Å². The van der Waals surface area contributed by atoms with E-state index in [1.807, 2.05) is 36.4 Å². The molecule has 2 amide bonds. The Kier molecular flexibility index (Phi) is 8.14. The highest BCUT2D eigenvalue weighted by molar-refractivity contribution is 7.99. The van der Waals surface area contributed by atoms with E-state index in [9.17, 15) is 19.5 Å². The van der Waals surface area contributed by atoms with Gasteiger partial charge in [-0.25, -0.2) is 0 Å². The first-order valence-corrected chi connectivity index (χ1v) is 13.0. The molecule has 2 aliphatic rings. The van der Waals surface area contributed by atoms with Gasteiger partial charge in [-0.2, -0.15) is 11.8 Å². The molecule has 2 heterocycles. The smallest absolute Gasteiger partial charge is 0.304 e. The molecular weight excluding hydrogens is 480 g/mol. The molecule has 0 unspecified atom stereocenters. The Morgan fingerprint density at radius 2 is 1.67 bits per heavy atom.